The summed E-state index contributed by atoms with van der Waals surface area (Å²) < 4.78 is 24.4. The largest absolute Gasteiger partial charge is 0.467 e. The molecule has 0 spiro atoms. The number of ether oxygens (including phenoxy) is 2. The van der Waals surface area contributed by atoms with Crippen LogP contribution < -0.4 is 15.4 Å². The number of hydrogen-bond acceptors (Lipinski definition) is 3. The summed E-state index contributed by atoms with van der Waals surface area (Å²) in [4.78, 5) is 4.21. The second-order valence-electron chi connectivity index (χ2n) is 5.90. The maximum Gasteiger partial charge on any atom is 0.190 e. The van der Waals surface area contributed by atoms with Gasteiger partial charge in [0.1, 0.15) is 11.6 Å². The van der Waals surface area contributed by atoms with Crippen LogP contribution >= 0.6 is 0 Å². The van der Waals surface area contributed by atoms with Crippen molar-refractivity contribution in [2.24, 2.45) is 4.99 Å². The fourth-order valence-corrected chi connectivity index (χ4v) is 2.74. The summed E-state index contributed by atoms with van der Waals surface area (Å²) in [6, 6.07) is 3.01. The minimum atomic E-state index is -0.253. The predicted octanol–water partition coefficient (Wildman–Crippen LogP) is 2.98. The minimum Gasteiger partial charge on any atom is -0.467 e. The second kappa shape index (κ2) is 10.1. The summed E-state index contributed by atoms with van der Waals surface area (Å²) in [7, 11) is 1.76. The van der Waals surface area contributed by atoms with Crippen LogP contribution in [0.2, 0.25) is 0 Å². The van der Waals surface area contributed by atoms with Crippen molar-refractivity contribution in [2.45, 2.75) is 45.6 Å². The molecule has 1 heterocycles. The van der Waals surface area contributed by atoms with Crippen molar-refractivity contribution in [1.29, 1.82) is 0 Å². The highest BCUT2D eigenvalue weighted by atomic mass is 19.1. The smallest absolute Gasteiger partial charge is 0.190 e. The third-order valence-electron chi connectivity index (χ3n) is 3.98. The lowest BCUT2D eigenvalue weighted by Crippen LogP contribution is -2.38. The van der Waals surface area contributed by atoms with E-state index in [1.54, 1.807) is 7.05 Å². The highest BCUT2D eigenvalue weighted by Crippen LogP contribution is 2.29. The molecule has 6 heteroatoms. The van der Waals surface area contributed by atoms with Gasteiger partial charge in [-0.1, -0.05) is 26.2 Å². The Morgan fingerprint density at radius 3 is 2.83 bits per heavy atom. The van der Waals surface area contributed by atoms with E-state index in [0.29, 0.717) is 19.6 Å². The van der Waals surface area contributed by atoms with Crippen LogP contribution in [0.5, 0.6) is 5.75 Å². The first-order valence-corrected chi connectivity index (χ1v) is 8.71. The Morgan fingerprint density at radius 2 is 2.04 bits per heavy atom. The Hall–Kier alpha value is -1.82. The highest BCUT2D eigenvalue weighted by molar-refractivity contribution is 5.79. The standard InChI is InChI=1S/C18H28FN3O2/c1-3-4-5-6-8-21-18(20-2)22-9-7-14-10-16(19)11-15-12-23-13-24-17(14)15/h10-11H,3-9,12-13H2,1-2H3,(H2,20,21,22). The van der Waals surface area contributed by atoms with Gasteiger partial charge in [0, 0.05) is 25.7 Å². The number of hydrogen-bond donors (Lipinski definition) is 2. The normalized spacial score (nSPS) is 14.0. The zero-order valence-corrected chi connectivity index (χ0v) is 14.7. The van der Waals surface area contributed by atoms with Crippen LogP contribution in [-0.2, 0) is 17.8 Å². The summed E-state index contributed by atoms with van der Waals surface area (Å²) >= 11 is 0. The SMILES string of the molecule is CCCCCCNC(=NC)NCCc1cc(F)cc2c1OCOC2. The van der Waals surface area contributed by atoms with Crippen LogP contribution in [0.25, 0.3) is 0 Å². The van der Waals surface area contributed by atoms with Crippen LogP contribution in [0.1, 0.15) is 43.7 Å². The molecule has 0 aliphatic carbocycles. The first kappa shape index (κ1) is 18.5. The molecular formula is C18H28FN3O2. The van der Waals surface area contributed by atoms with Gasteiger partial charge < -0.3 is 20.1 Å². The van der Waals surface area contributed by atoms with Crippen LogP contribution in [0.3, 0.4) is 0 Å². The molecular weight excluding hydrogens is 309 g/mol. The van der Waals surface area contributed by atoms with Crippen LogP contribution in [-0.4, -0.2) is 32.9 Å². The molecule has 134 valence electrons. The lowest BCUT2D eigenvalue weighted by Gasteiger charge is -2.21. The van der Waals surface area contributed by atoms with E-state index >= 15 is 0 Å². The molecule has 5 nitrogen and oxygen atoms in total. The molecule has 2 N–H and O–H groups in total. The van der Waals surface area contributed by atoms with Gasteiger partial charge in [-0.05, 0) is 30.5 Å². The maximum absolute atomic E-state index is 13.7. The van der Waals surface area contributed by atoms with Gasteiger partial charge in [0.2, 0.25) is 0 Å². The monoisotopic (exact) mass is 337 g/mol. The molecule has 24 heavy (non-hydrogen) atoms. The van der Waals surface area contributed by atoms with Crippen LogP contribution in [0, 0.1) is 5.82 Å². The van der Waals surface area contributed by atoms with Gasteiger partial charge in [0.25, 0.3) is 0 Å². The van der Waals surface area contributed by atoms with Crippen molar-refractivity contribution in [1.82, 2.24) is 10.6 Å². The molecule has 0 saturated heterocycles. The Kier molecular flexibility index (Phi) is 7.82. The van der Waals surface area contributed by atoms with Gasteiger partial charge >= 0.3 is 0 Å². The van der Waals surface area contributed by atoms with E-state index in [2.05, 4.69) is 22.5 Å². The van der Waals surface area contributed by atoms with Crippen molar-refractivity contribution in [3.8, 4) is 5.75 Å². The Bertz CT molecular complexity index is 549. The van der Waals surface area contributed by atoms with E-state index < -0.39 is 0 Å². The fraction of sp³-hybridized carbons (Fsp3) is 0.611. The summed E-state index contributed by atoms with van der Waals surface area (Å²) in [5.74, 6) is 1.28. The number of halogens is 1. The Balaban J connectivity index is 1.79. The molecule has 0 bridgehead atoms. The predicted molar refractivity (Wildman–Crippen MR) is 93.9 cm³/mol. The second-order valence-corrected chi connectivity index (χ2v) is 5.90. The summed E-state index contributed by atoms with van der Waals surface area (Å²) in [5.41, 5.74) is 1.63. The molecule has 0 saturated carbocycles. The van der Waals surface area contributed by atoms with E-state index in [9.17, 15) is 4.39 Å². The lowest BCUT2D eigenvalue weighted by molar-refractivity contribution is -0.0172. The van der Waals surface area contributed by atoms with Crippen molar-refractivity contribution in [2.75, 3.05) is 26.9 Å². The van der Waals surface area contributed by atoms with Gasteiger partial charge in [-0.25, -0.2) is 4.39 Å². The van der Waals surface area contributed by atoms with E-state index in [1.807, 2.05) is 0 Å². The fourth-order valence-electron chi connectivity index (χ4n) is 2.74. The van der Waals surface area contributed by atoms with Gasteiger partial charge in [0.15, 0.2) is 12.8 Å². The van der Waals surface area contributed by atoms with E-state index in [1.165, 1.54) is 31.4 Å². The first-order valence-electron chi connectivity index (χ1n) is 8.71. The van der Waals surface area contributed by atoms with Gasteiger partial charge in [-0.15, -0.1) is 0 Å². The molecule has 1 aromatic carbocycles. The summed E-state index contributed by atoms with van der Waals surface area (Å²) in [6.45, 7) is 4.40. The number of nitrogens with zero attached hydrogens (tertiary/aromatic N) is 1. The number of fused-ring (bicyclic) bond motifs is 1. The van der Waals surface area contributed by atoms with Crippen molar-refractivity contribution in [3.63, 3.8) is 0 Å². The van der Waals surface area contributed by atoms with E-state index in [4.69, 9.17) is 9.47 Å². The number of aliphatic imine (C=N–C) groups is 1. The van der Waals surface area contributed by atoms with Gasteiger partial charge in [0.05, 0.1) is 6.61 Å². The van der Waals surface area contributed by atoms with E-state index in [0.717, 1.165) is 35.8 Å². The third-order valence-corrected chi connectivity index (χ3v) is 3.98. The molecule has 0 fully saturated rings. The molecule has 1 aromatic rings. The van der Waals surface area contributed by atoms with Gasteiger partial charge in [-0.3, -0.25) is 4.99 Å². The number of guanidine groups is 1. The zero-order valence-electron chi connectivity index (χ0n) is 14.7. The number of unbranched alkanes of at least 4 members (excludes halogenated alkanes) is 3. The van der Waals surface area contributed by atoms with Crippen LogP contribution in [0.4, 0.5) is 4.39 Å². The molecule has 0 radical (unpaired) electrons. The summed E-state index contributed by atoms with van der Waals surface area (Å²) in [6.07, 6.45) is 5.53. The lowest BCUT2D eigenvalue weighted by atomic mass is 10.1. The van der Waals surface area contributed by atoms with Crippen LogP contribution in [0.15, 0.2) is 17.1 Å². The number of benzene rings is 1. The molecule has 0 amide bonds. The number of rotatable bonds is 8. The average molecular weight is 337 g/mol. The van der Waals surface area contributed by atoms with E-state index in [-0.39, 0.29) is 12.6 Å². The summed E-state index contributed by atoms with van der Waals surface area (Å²) in [5, 5.41) is 6.57. The zero-order chi connectivity index (χ0) is 17.2. The molecule has 1 aliphatic rings. The topological polar surface area (TPSA) is 54.9 Å². The molecule has 0 atom stereocenters. The maximum atomic E-state index is 13.7. The average Bonchev–Trinajstić information content (AvgIpc) is 2.59. The van der Waals surface area contributed by atoms with Crippen molar-refractivity contribution >= 4 is 5.96 Å². The Labute approximate surface area is 143 Å². The molecule has 2 rings (SSSR count). The van der Waals surface area contributed by atoms with Crippen molar-refractivity contribution in [3.05, 3.63) is 29.1 Å². The quantitative estimate of drug-likeness (QED) is 0.435. The highest BCUT2D eigenvalue weighted by Gasteiger charge is 2.16. The Morgan fingerprint density at radius 1 is 1.21 bits per heavy atom. The molecule has 0 unspecified atom stereocenters. The number of nitrogens with one attached hydrogen (secondary N) is 2. The van der Waals surface area contributed by atoms with Gasteiger partial charge in [-0.2, -0.15) is 0 Å². The van der Waals surface area contributed by atoms with Crippen molar-refractivity contribution < 1.29 is 13.9 Å². The molecule has 0 aromatic heterocycles. The minimum absolute atomic E-state index is 0.222. The third kappa shape index (κ3) is 5.67. The molecule has 1 aliphatic heterocycles. The first-order chi connectivity index (χ1) is 11.7.